The van der Waals surface area contributed by atoms with Crippen LogP contribution < -0.4 is 5.73 Å². The first-order valence-electron chi connectivity index (χ1n) is 3.23. The fraction of sp³-hybridized carbons (Fsp3) is 0.667. The van der Waals surface area contributed by atoms with Crippen LogP contribution in [-0.2, 0) is 14.3 Å². The van der Waals surface area contributed by atoms with Crippen LogP contribution >= 0.6 is 12.4 Å². The van der Waals surface area contributed by atoms with E-state index in [1.165, 1.54) is 6.92 Å². The van der Waals surface area contributed by atoms with Crippen molar-refractivity contribution in [3.05, 3.63) is 0 Å². The Morgan fingerprint density at radius 1 is 1.67 bits per heavy atom. The van der Waals surface area contributed by atoms with Gasteiger partial charge in [0.25, 0.3) is 0 Å². The number of halogens is 1. The fourth-order valence-corrected chi connectivity index (χ4v) is 1.13. The van der Waals surface area contributed by atoms with Gasteiger partial charge in [0.1, 0.15) is 18.1 Å². The van der Waals surface area contributed by atoms with Gasteiger partial charge in [-0.1, -0.05) is 0 Å². The van der Waals surface area contributed by atoms with Gasteiger partial charge in [-0.15, -0.1) is 12.4 Å². The van der Waals surface area contributed by atoms with Crippen molar-refractivity contribution in [1.29, 1.82) is 0 Å². The maximum Gasteiger partial charge on any atom is 0.324 e. The van der Waals surface area contributed by atoms with E-state index in [4.69, 9.17) is 10.8 Å². The second-order valence-corrected chi connectivity index (χ2v) is 2.53. The number of hydrogen-bond acceptors (Lipinski definition) is 4. The molecule has 0 spiro atoms. The summed E-state index contributed by atoms with van der Waals surface area (Å²) >= 11 is 0. The molecule has 0 unspecified atom stereocenters. The van der Waals surface area contributed by atoms with Crippen molar-refractivity contribution in [3.63, 3.8) is 0 Å². The highest BCUT2D eigenvalue weighted by atomic mass is 35.5. The Labute approximate surface area is 75.3 Å². The lowest BCUT2D eigenvalue weighted by Gasteiger charge is -2.08. The average Bonchev–Trinajstić information content (AvgIpc) is 2.07. The van der Waals surface area contributed by atoms with E-state index in [0.717, 1.165) is 0 Å². The molecule has 0 amide bonds. The molecule has 0 aliphatic carbocycles. The minimum absolute atomic E-state index is 0. The van der Waals surface area contributed by atoms with Gasteiger partial charge < -0.3 is 15.6 Å². The summed E-state index contributed by atoms with van der Waals surface area (Å²) in [7, 11) is 0. The molecular formula is C6H10ClNO4. The molecule has 6 heteroatoms. The third-order valence-corrected chi connectivity index (χ3v) is 1.75. The number of cyclic esters (lactones) is 1. The molecule has 3 atom stereocenters. The molecule has 1 saturated heterocycles. The van der Waals surface area contributed by atoms with Crippen LogP contribution in [0.5, 0.6) is 0 Å². The van der Waals surface area contributed by atoms with Gasteiger partial charge in [-0.25, -0.2) is 0 Å². The number of esters is 1. The van der Waals surface area contributed by atoms with Gasteiger partial charge in [-0.3, -0.25) is 9.59 Å². The monoisotopic (exact) mass is 195 g/mol. The number of aliphatic carboxylic acids is 1. The Morgan fingerprint density at radius 2 is 2.17 bits per heavy atom. The molecule has 0 aromatic rings. The summed E-state index contributed by atoms with van der Waals surface area (Å²) in [6.07, 6.45) is -0.616. The number of nitrogens with two attached hydrogens (primary N) is 1. The van der Waals surface area contributed by atoms with Crippen LogP contribution in [-0.4, -0.2) is 29.2 Å². The van der Waals surface area contributed by atoms with E-state index in [1.54, 1.807) is 0 Å². The average molecular weight is 196 g/mol. The van der Waals surface area contributed by atoms with Crippen LogP contribution in [0.3, 0.4) is 0 Å². The van der Waals surface area contributed by atoms with E-state index >= 15 is 0 Å². The largest absolute Gasteiger partial charge is 0.481 e. The number of hydrogen-bond donors (Lipinski definition) is 2. The zero-order valence-electron chi connectivity index (χ0n) is 6.39. The first-order chi connectivity index (χ1) is 5.04. The van der Waals surface area contributed by atoms with Crippen molar-refractivity contribution in [3.8, 4) is 0 Å². The first kappa shape index (κ1) is 11.2. The summed E-state index contributed by atoms with van der Waals surface area (Å²) in [6, 6.07) is -1.01. The lowest BCUT2D eigenvalue weighted by atomic mass is 9.99. The van der Waals surface area contributed by atoms with Gasteiger partial charge in [-0.05, 0) is 6.92 Å². The van der Waals surface area contributed by atoms with Crippen molar-refractivity contribution in [1.82, 2.24) is 0 Å². The van der Waals surface area contributed by atoms with Crippen molar-refractivity contribution >= 4 is 24.3 Å². The Balaban J connectivity index is 0.00000121. The predicted octanol–water partition coefficient (Wildman–Crippen LogP) is -0.618. The topological polar surface area (TPSA) is 89.6 Å². The van der Waals surface area contributed by atoms with E-state index < -0.39 is 30.0 Å². The third kappa shape index (κ3) is 1.67. The van der Waals surface area contributed by atoms with Gasteiger partial charge in [-0.2, -0.15) is 0 Å². The molecule has 70 valence electrons. The summed E-state index contributed by atoms with van der Waals surface area (Å²) in [5, 5.41) is 8.56. The Morgan fingerprint density at radius 3 is 2.33 bits per heavy atom. The van der Waals surface area contributed by atoms with Crippen LogP contribution in [0.1, 0.15) is 6.92 Å². The normalized spacial score (nSPS) is 33.8. The molecular weight excluding hydrogens is 186 g/mol. The zero-order chi connectivity index (χ0) is 8.59. The van der Waals surface area contributed by atoms with Crippen LogP contribution in [0, 0.1) is 5.92 Å². The minimum Gasteiger partial charge on any atom is -0.481 e. The van der Waals surface area contributed by atoms with E-state index in [0.29, 0.717) is 0 Å². The molecule has 12 heavy (non-hydrogen) atoms. The maximum absolute atomic E-state index is 10.7. The Hall–Kier alpha value is -0.810. The van der Waals surface area contributed by atoms with Gasteiger partial charge in [0.15, 0.2) is 0 Å². The third-order valence-electron chi connectivity index (χ3n) is 1.75. The Kier molecular flexibility index (Phi) is 3.48. The summed E-state index contributed by atoms with van der Waals surface area (Å²) in [5.74, 6) is -2.62. The molecule has 0 aromatic heterocycles. The standard InChI is InChI=1S/C6H9NO4.ClH/c1-2-3(5(8)9)4(7)6(10)11-2;/h2-4H,7H2,1H3,(H,8,9);1H/t2-,3-,4+;/m1./s1. The van der Waals surface area contributed by atoms with Crippen molar-refractivity contribution in [2.45, 2.75) is 19.1 Å². The van der Waals surface area contributed by atoms with Gasteiger partial charge >= 0.3 is 11.9 Å². The van der Waals surface area contributed by atoms with Crippen LogP contribution in [0.25, 0.3) is 0 Å². The van der Waals surface area contributed by atoms with Crippen LogP contribution in [0.2, 0.25) is 0 Å². The molecule has 1 fully saturated rings. The first-order valence-corrected chi connectivity index (χ1v) is 3.23. The van der Waals surface area contributed by atoms with E-state index in [1.807, 2.05) is 0 Å². The summed E-state index contributed by atoms with van der Waals surface area (Å²) < 4.78 is 4.60. The predicted molar refractivity (Wildman–Crippen MR) is 41.9 cm³/mol. The molecule has 0 radical (unpaired) electrons. The van der Waals surface area contributed by atoms with Crippen LogP contribution in [0.15, 0.2) is 0 Å². The minimum atomic E-state index is -1.09. The van der Waals surface area contributed by atoms with E-state index in [9.17, 15) is 9.59 Å². The maximum atomic E-state index is 10.7. The smallest absolute Gasteiger partial charge is 0.324 e. The molecule has 1 aliphatic rings. The zero-order valence-corrected chi connectivity index (χ0v) is 7.21. The van der Waals surface area contributed by atoms with Crippen molar-refractivity contribution in [2.24, 2.45) is 11.7 Å². The van der Waals surface area contributed by atoms with Crippen molar-refractivity contribution < 1.29 is 19.4 Å². The molecule has 3 N–H and O–H groups in total. The molecule has 0 aromatic carbocycles. The van der Waals surface area contributed by atoms with Crippen LogP contribution in [0.4, 0.5) is 0 Å². The summed E-state index contributed by atoms with van der Waals surface area (Å²) in [5.41, 5.74) is 5.26. The second kappa shape index (κ2) is 3.73. The summed E-state index contributed by atoms with van der Waals surface area (Å²) in [4.78, 5) is 21.1. The molecule has 5 nitrogen and oxygen atoms in total. The fourth-order valence-electron chi connectivity index (χ4n) is 1.13. The Bertz CT molecular complexity index is 208. The lowest BCUT2D eigenvalue weighted by Crippen LogP contribution is -2.38. The number of rotatable bonds is 1. The quantitative estimate of drug-likeness (QED) is 0.545. The highest BCUT2D eigenvalue weighted by Gasteiger charge is 2.44. The second-order valence-electron chi connectivity index (χ2n) is 2.53. The number of carbonyl (C=O) groups excluding carboxylic acids is 1. The molecule has 1 aliphatic heterocycles. The molecule has 1 heterocycles. The van der Waals surface area contributed by atoms with E-state index in [2.05, 4.69) is 4.74 Å². The number of carboxylic acids is 1. The highest BCUT2D eigenvalue weighted by Crippen LogP contribution is 2.20. The lowest BCUT2D eigenvalue weighted by molar-refractivity contribution is -0.143. The SMILES string of the molecule is C[C@H]1OC(=O)[C@@H](N)[C@@H]1C(=O)O.Cl. The highest BCUT2D eigenvalue weighted by molar-refractivity contribution is 5.87. The van der Waals surface area contributed by atoms with Crippen molar-refractivity contribution in [2.75, 3.05) is 0 Å². The van der Waals surface area contributed by atoms with Gasteiger partial charge in [0, 0.05) is 0 Å². The van der Waals surface area contributed by atoms with Gasteiger partial charge in [0.05, 0.1) is 0 Å². The van der Waals surface area contributed by atoms with E-state index in [-0.39, 0.29) is 12.4 Å². The molecule has 0 saturated carbocycles. The number of carboxylic acid groups (broad SMARTS) is 1. The molecule has 0 bridgehead atoms. The summed E-state index contributed by atoms with van der Waals surface area (Å²) in [6.45, 7) is 1.52. The number of ether oxygens (including phenoxy) is 1. The number of carbonyl (C=O) groups is 2. The van der Waals surface area contributed by atoms with Gasteiger partial charge in [0.2, 0.25) is 0 Å². The molecule has 1 rings (SSSR count).